The summed E-state index contributed by atoms with van der Waals surface area (Å²) in [6.45, 7) is 9.13. The van der Waals surface area contributed by atoms with E-state index in [0.29, 0.717) is 19.7 Å². The van der Waals surface area contributed by atoms with Crippen LogP contribution < -0.4 is 9.64 Å². The minimum absolute atomic E-state index is 0.131. The van der Waals surface area contributed by atoms with Crippen LogP contribution in [0.1, 0.15) is 19.9 Å². The summed E-state index contributed by atoms with van der Waals surface area (Å²) in [5.41, 5.74) is 1.67. The molecule has 0 aliphatic carbocycles. The van der Waals surface area contributed by atoms with Crippen molar-refractivity contribution in [3.8, 4) is 28.7 Å². The van der Waals surface area contributed by atoms with Gasteiger partial charge in [-0.25, -0.2) is 19.6 Å². The molecule has 3 aromatic heterocycles. The normalized spacial score (nSPS) is 16.1. The number of likely N-dealkylation sites (N-methyl/N-ethyl adjacent to an activating group) is 1. The Morgan fingerprint density at radius 1 is 1.12 bits per heavy atom. The Kier molecular flexibility index (Phi) is 5.94. The first-order chi connectivity index (χ1) is 16.4. The van der Waals surface area contributed by atoms with Crippen molar-refractivity contribution in [2.24, 2.45) is 0 Å². The van der Waals surface area contributed by atoms with Crippen LogP contribution in [-0.2, 0) is 11.3 Å². The Hall–Kier alpha value is -3.47. The number of pyridine rings is 1. The van der Waals surface area contributed by atoms with Gasteiger partial charge < -0.3 is 19.1 Å². The van der Waals surface area contributed by atoms with Crippen LogP contribution in [0.5, 0.6) is 5.75 Å². The molecule has 11 heteroatoms. The van der Waals surface area contributed by atoms with Crippen LogP contribution >= 0.6 is 0 Å². The van der Waals surface area contributed by atoms with Gasteiger partial charge in [0.1, 0.15) is 36.0 Å². The number of anilines is 1. The van der Waals surface area contributed by atoms with E-state index < -0.39 is 0 Å². The number of piperazine rings is 1. The second-order valence-corrected chi connectivity index (χ2v) is 9.20. The van der Waals surface area contributed by atoms with E-state index in [1.54, 1.807) is 25.3 Å². The highest BCUT2D eigenvalue weighted by molar-refractivity contribution is 5.77. The molecule has 0 aromatic carbocycles. The first-order valence-electron chi connectivity index (χ1n) is 11.7. The van der Waals surface area contributed by atoms with Crippen molar-refractivity contribution in [1.82, 2.24) is 39.1 Å². The number of nitrogens with zero attached hydrogens (tertiary/aromatic N) is 9. The highest BCUT2D eigenvalue weighted by Crippen LogP contribution is 2.35. The van der Waals surface area contributed by atoms with E-state index in [4.69, 9.17) is 14.7 Å². The Labute approximate surface area is 199 Å². The molecule has 34 heavy (non-hydrogen) atoms. The van der Waals surface area contributed by atoms with Gasteiger partial charge in [-0.1, -0.05) is 0 Å². The summed E-state index contributed by atoms with van der Waals surface area (Å²) in [6, 6.07) is 2.21. The quantitative estimate of drug-likeness (QED) is 0.558. The smallest absolute Gasteiger partial charge is 0.236 e. The molecule has 11 nitrogen and oxygen atoms in total. The first-order valence-corrected chi connectivity index (χ1v) is 11.7. The zero-order valence-electron chi connectivity index (χ0n) is 20.2. The van der Waals surface area contributed by atoms with Crippen molar-refractivity contribution in [2.45, 2.75) is 26.4 Å². The Morgan fingerprint density at radius 2 is 1.91 bits per heavy atom. The Balaban J connectivity index is 1.36. The van der Waals surface area contributed by atoms with E-state index in [1.165, 1.54) is 0 Å². The summed E-state index contributed by atoms with van der Waals surface area (Å²) < 4.78 is 10.1. The van der Waals surface area contributed by atoms with Crippen molar-refractivity contribution >= 4 is 11.7 Å². The lowest BCUT2D eigenvalue weighted by molar-refractivity contribution is -0.129. The van der Waals surface area contributed by atoms with Gasteiger partial charge in [0.25, 0.3) is 0 Å². The summed E-state index contributed by atoms with van der Waals surface area (Å²) >= 11 is 0. The number of carbonyl (C=O) groups is 1. The maximum absolute atomic E-state index is 12.0. The molecule has 2 aliphatic rings. The third kappa shape index (κ3) is 4.23. The number of fused-ring (bicyclic) bond motifs is 3. The molecule has 1 saturated heterocycles. The van der Waals surface area contributed by atoms with Gasteiger partial charge in [-0.05, 0) is 13.8 Å². The van der Waals surface area contributed by atoms with Gasteiger partial charge in [-0.2, -0.15) is 5.10 Å². The number of carbonyl (C=O) groups excluding carboxylic acids is 1. The van der Waals surface area contributed by atoms with Gasteiger partial charge in [0.05, 0.1) is 18.7 Å². The fourth-order valence-electron chi connectivity index (χ4n) is 4.33. The predicted molar refractivity (Wildman–Crippen MR) is 128 cm³/mol. The molecule has 5 rings (SSSR count). The van der Waals surface area contributed by atoms with E-state index >= 15 is 0 Å². The second-order valence-electron chi connectivity index (χ2n) is 9.20. The van der Waals surface area contributed by atoms with Gasteiger partial charge >= 0.3 is 0 Å². The standard InChI is InChI=1S/C23H31N9O2/c1-16(2)32-23(25-15-26-32)18-13-31-9-10-34-19-11-20(24-12-17(19)22(31)27-18)30-7-5-29(6-8-30)14-21(33)28(3)4/h11-13,15-16H,5-10,14H2,1-4H3. The average molecular weight is 466 g/mol. The molecule has 0 N–H and O–H groups in total. The zero-order chi connectivity index (χ0) is 23.8. The van der Waals surface area contributed by atoms with Crippen LogP contribution in [0.2, 0.25) is 0 Å². The van der Waals surface area contributed by atoms with E-state index in [2.05, 4.69) is 38.3 Å². The number of ether oxygens (including phenoxy) is 1. The van der Waals surface area contributed by atoms with Crippen molar-refractivity contribution < 1.29 is 9.53 Å². The average Bonchev–Trinajstić information content (AvgIpc) is 3.44. The highest BCUT2D eigenvalue weighted by atomic mass is 16.5. The molecule has 0 saturated carbocycles. The van der Waals surface area contributed by atoms with Crippen LogP contribution in [0.15, 0.2) is 24.8 Å². The topological polar surface area (TPSA) is 97.4 Å². The molecular formula is C23H31N9O2. The maximum Gasteiger partial charge on any atom is 0.236 e. The Morgan fingerprint density at radius 3 is 2.65 bits per heavy atom. The minimum atomic E-state index is 0.131. The molecule has 0 atom stereocenters. The number of hydrogen-bond acceptors (Lipinski definition) is 8. The second kappa shape index (κ2) is 9.05. The molecule has 0 radical (unpaired) electrons. The third-order valence-corrected chi connectivity index (χ3v) is 6.30. The largest absolute Gasteiger partial charge is 0.491 e. The van der Waals surface area contributed by atoms with Crippen LogP contribution in [0.3, 0.4) is 0 Å². The minimum Gasteiger partial charge on any atom is -0.491 e. The number of rotatable bonds is 5. The summed E-state index contributed by atoms with van der Waals surface area (Å²) in [6.07, 6.45) is 5.44. The van der Waals surface area contributed by atoms with Crippen LogP contribution in [0, 0.1) is 0 Å². The number of amides is 1. The van der Waals surface area contributed by atoms with Crippen molar-refractivity contribution in [3.05, 3.63) is 24.8 Å². The monoisotopic (exact) mass is 465 g/mol. The van der Waals surface area contributed by atoms with Crippen molar-refractivity contribution in [1.29, 1.82) is 0 Å². The van der Waals surface area contributed by atoms with Gasteiger partial charge in [0.2, 0.25) is 5.91 Å². The molecule has 1 amide bonds. The van der Waals surface area contributed by atoms with Gasteiger partial charge in [-0.3, -0.25) is 9.69 Å². The molecule has 5 heterocycles. The SMILES string of the molecule is CC(C)n1ncnc1-c1cn2c(n1)-c1cnc(N3CCN(CC(=O)N(C)C)CC3)cc1OCC2. The first kappa shape index (κ1) is 22.3. The van der Waals surface area contributed by atoms with Crippen molar-refractivity contribution in [3.63, 3.8) is 0 Å². The Bertz CT molecular complexity index is 1180. The van der Waals surface area contributed by atoms with Gasteiger partial charge in [-0.15, -0.1) is 0 Å². The zero-order valence-corrected chi connectivity index (χ0v) is 20.2. The predicted octanol–water partition coefficient (Wildman–Crippen LogP) is 1.39. The summed E-state index contributed by atoms with van der Waals surface area (Å²) in [4.78, 5) is 32.2. The molecule has 1 fully saturated rings. The molecule has 3 aromatic rings. The summed E-state index contributed by atoms with van der Waals surface area (Å²) in [7, 11) is 3.59. The summed E-state index contributed by atoms with van der Waals surface area (Å²) in [5.74, 6) is 3.39. The molecular weight excluding hydrogens is 434 g/mol. The van der Waals surface area contributed by atoms with Gasteiger partial charge in [0.15, 0.2) is 5.82 Å². The lowest BCUT2D eigenvalue weighted by Gasteiger charge is -2.35. The van der Waals surface area contributed by atoms with Crippen molar-refractivity contribution in [2.75, 3.05) is 58.3 Å². The highest BCUT2D eigenvalue weighted by Gasteiger charge is 2.25. The lowest BCUT2D eigenvalue weighted by Crippen LogP contribution is -2.49. The molecule has 0 bridgehead atoms. The van der Waals surface area contributed by atoms with Crippen LogP contribution in [-0.4, -0.2) is 98.4 Å². The molecule has 180 valence electrons. The molecule has 2 aliphatic heterocycles. The van der Waals surface area contributed by atoms with E-state index in [-0.39, 0.29) is 11.9 Å². The number of aromatic nitrogens is 6. The third-order valence-electron chi connectivity index (χ3n) is 6.30. The fraction of sp³-hybridized carbons (Fsp3) is 0.522. The van der Waals surface area contributed by atoms with Crippen LogP contribution in [0.4, 0.5) is 5.82 Å². The number of hydrogen-bond donors (Lipinski definition) is 0. The molecule has 0 spiro atoms. The summed E-state index contributed by atoms with van der Waals surface area (Å²) in [5, 5.41) is 4.34. The fourth-order valence-corrected chi connectivity index (χ4v) is 4.33. The lowest BCUT2D eigenvalue weighted by atomic mass is 10.2. The van der Waals surface area contributed by atoms with E-state index in [1.807, 2.05) is 23.1 Å². The van der Waals surface area contributed by atoms with Crippen LogP contribution in [0.25, 0.3) is 22.9 Å². The number of imidazole rings is 1. The maximum atomic E-state index is 12.0. The van der Waals surface area contributed by atoms with E-state index in [9.17, 15) is 4.79 Å². The molecule has 0 unspecified atom stereocenters. The van der Waals surface area contributed by atoms with Gasteiger partial charge in [0, 0.05) is 64.8 Å². The van der Waals surface area contributed by atoms with E-state index in [0.717, 1.165) is 60.7 Å².